The highest BCUT2D eigenvalue weighted by Crippen LogP contribution is 2.25. The topological polar surface area (TPSA) is 42.2 Å². The summed E-state index contributed by atoms with van der Waals surface area (Å²) in [6, 6.07) is 1.74. The van der Waals surface area contributed by atoms with Crippen LogP contribution in [0.5, 0.6) is 0 Å². The van der Waals surface area contributed by atoms with E-state index in [-0.39, 0.29) is 11.0 Å². The first-order valence-electron chi connectivity index (χ1n) is 5.13. The van der Waals surface area contributed by atoms with Crippen LogP contribution in [-0.4, -0.2) is 18.9 Å². The minimum atomic E-state index is -0.906. The number of rotatable bonds is 3. The minimum Gasteiger partial charge on any atom is -0.464 e. The molecule has 0 aliphatic carbocycles. The number of fused-ring (bicyclic) bond motifs is 1. The number of ketones is 1. The van der Waals surface area contributed by atoms with Gasteiger partial charge in [0.1, 0.15) is 17.2 Å². The predicted molar refractivity (Wildman–Crippen MR) is 59.0 cm³/mol. The normalized spacial score (nSPS) is 12.9. The molecule has 0 unspecified atom stereocenters. The first-order valence-corrected chi connectivity index (χ1v) is 5.13. The SMILES string of the molecule is CN[C@@H](C)C(=O)c1c(F)cc2occc2c1F. The van der Waals surface area contributed by atoms with Crippen LogP contribution in [-0.2, 0) is 0 Å². The summed E-state index contributed by atoms with van der Waals surface area (Å²) in [7, 11) is 1.55. The Morgan fingerprint density at radius 3 is 2.82 bits per heavy atom. The van der Waals surface area contributed by atoms with Crippen molar-refractivity contribution < 1.29 is 18.0 Å². The largest absolute Gasteiger partial charge is 0.464 e. The third-order valence-electron chi connectivity index (χ3n) is 2.72. The lowest BCUT2D eigenvalue weighted by molar-refractivity contribution is 0.0947. The van der Waals surface area contributed by atoms with Crippen LogP contribution in [0.2, 0.25) is 0 Å². The van der Waals surface area contributed by atoms with Gasteiger partial charge in [-0.15, -0.1) is 0 Å². The van der Waals surface area contributed by atoms with Crippen molar-refractivity contribution in [2.24, 2.45) is 0 Å². The number of nitrogens with one attached hydrogen (secondary N) is 1. The summed E-state index contributed by atoms with van der Waals surface area (Å²) < 4.78 is 32.5. The number of hydrogen-bond donors (Lipinski definition) is 1. The molecular weight excluding hydrogens is 228 g/mol. The molecule has 17 heavy (non-hydrogen) atoms. The van der Waals surface area contributed by atoms with Crippen molar-refractivity contribution in [3.8, 4) is 0 Å². The number of likely N-dealkylation sites (N-methyl/N-ethyl adjacent to an activating group) is 1. The van der Waals surface area contributed by atoms with Crippen molar-refractivity contribution in [3.63, 3.8) is 0 Å². The number of halogens is 2. The number of carbonyl (C=O) groups excluding carboxylic acids is 1. The molecule has 1 N–H and O–H groups in total. The van der Waals surface area contributed by atoms with Crippen LogP contribution >= 0.6 is 0 Å². The van der Waals surface area contributed by atoms with Gasteiger partial charge in [0.25, 0.3) is 0 Å². The van der Waals surface area contributed by atoms with Crippen molar-refractivity contribution in [1.82, 2.24) is 5.32 Å². The van der Waals surface area contributed by atoms with E-state index >= 15 is 0 Å². The maximum Gasteiger partial charge on any atom is 0.185 e. The number of carbonyl (C=O) groups is 1. The monoisotopic (exact) mass is 239 g/mol. The smallest absolute Gasteiger partial charge is 0.185 e. The Morgan fingerprint density at radius 2 is 2.18 bits per heavy atom. The molecule has 0 aliphatic rings. The molecule has 3 nitrogen and oxygen atoms in total. The molecule has 90 valence electrons. The fourth-order valence-electron chi connectivity index (χ4n) is 1.61. The second kappa shape index (κ2) is 4.25. The number of Topliss-reactive ketones (excluding diaryl/α,β-unsaturated/α-hetero) is 1. The predicted octanol–water partition coefficient (Wildman–Crippen LogP) is 2.50. The molecule has 0 saturated heterocycles. The molecule has 0 amide bonds. The van der Waals surface area contributed by atoms with Gasteiger partial charge in [-0.2, -0.15) is 0 Å². The number of furan rings is 1. The fraction of sp³-hybridized carbons (Fsp3) is 0.250. The summed E-state index contributed by atoms with van der Waals surface area (Å²) >= 11 is 0. The summed E-state index contributed by atoms with van der Waals surface area (Å²) in [6.45, 7) is 1.54. The molecule has 1 aromatic carbocycles. The van der Waals surface area contributed by atoms with Gasteiger partial charge in [-0.1, -0.05) is 0 Å². The molecule has 0 aliphatic heterocycles. The molecule has 1 aromatic heterocycles. The summed E-state index contributed by atoms with van der Waals surface area (Å²) in [6.07, 6.45) is 1.25. The fourth-order valence-corrected chi connectivity index (χ4v) is 1.61. The average molecular weight is 239 g/mol. The molecular formula is C12H11F2NO2. The van der Waals surface area contributed by atoms with Crippen molar-refractivity contribution in [2.75, 3.05) is 7.05 Å². The van der Waals surface area contributed by atoms with Gasteiger partial charge in [0.05, 0.1) is 23.3 Å². The third-order valence-corrected chi connectivity index (χ3v) is 2.72. The molecule has 0 saturated carbocycles. The highest BCUT2D eigenvalue weighted by molar-refractivity contribution is 6.03. The molecule has 1 heterocycles. The first-order chi connectivity index (χ1) is 8.06. The van der Waals surface area contributed by atoms with Crippen molar-refractivity contribution >= 4 is 16.8 Å². The van der Waals surface area contributed by atoms with Crippen molar-refractivity contribution in [1.29, 1.82) is 0 Å². The lowest BCUT2D eigenvalue weighted by Gasteiger charge is -2.10. The Balaban J connectivity index is 2.64. The van der Waals surface area contributed by atoms with Crippen LogP contribution in [0, 0.1) is 11.6 Å². The van der Waals surface area contributed by atoms with Gasteiger partial charge >= 0.3 is 0 Å². The van der Waals surface area contributed by atoms with Crippen LogP contribution in [0.15, 0.2) is 22.8 Å². The zero-order valence-electron chi connectivity index (χ0n) is 9.38. The Hall–Kier alpha value is -1.75. The van der Waals surface area contributed by atoms with Crippen LogP contribution in [0.3, 0.4) is 0 Å². The zero-order chi connectivity index (χ0) is 12.6. The highest BCUT2D eigenvalue weighted by Gasteiger charge is 2.24. The van der Waals surface area contributed by atoms with E-state index in [0.717, 1.165) is 6.07 Å². The summed E-state index contributed by atoms with van der Waals surface area (Å²) in [5.41, 5.74) is -0.436. The van der Waals surface area contributed by atoms with E-state index in [9.17, 15) is 13.6 Å². The van der Waals surface area contributed by atoms with Crippen LogP contribution in [0.1, 0.15) is 17.3 Å². The van der Waals surface area contributed by atoms with Crippen molar-refractivity contribution in [3.05, 3.63) is 35.6 Å². The Morgan fingerprint density at radius 1 is 1.47 bits per heavy atom. The first kappa shape index (κ1) is 11.7. The lowest BCUT2D eigenvalue weighted by atomic mass is 10.0. The second-order valence-electron chi connectivity index (χ2n) is 3.75. The molecule has 0 spiro atoms. The summed E-state index contributed by atoms with van der Waals surface area (Å²) in [5, 5.41) is 2.76. The minimum absolute atomic E-state index is 0.0914. The lowest BCUT2D eigenvalue weighted by Crippen LogP contribution is -2.32. The van der Waals surface area contributed by atoms with E-state index in [2.05, 4.69) is 5.32 Å². The van der Waals surface area contributed by atoms with Gasteiger partial charge in [0.2, 0.25) is 0 Å². The molecule has 2 rings (SSSR count). The molecule has 1 atom stereocenters. The van der Waals surface area contributed by atoms with Gasteiger partial charge in [-0.25, -0.2) is 8.78 Å². The maximum atomic E-state index is 14.0. The quantitative estimate of drug-likeness (QED) is 0.837. The average Bonchev–Trinajstić information content (AvgIpc) is 2.75. The molecule has 2 aromatic rings. The van der Waals surface area contributed by atoms with Gasteiger partial charge in [-0.3, -0.25) is 4.79 Å². The van der Waals surface area contributed by atoms with E-state index in [0.29, 0.717) is 0 Å². The molecule has 5 heteroatoms. The maximum absolute atomic E-state index is 14.0. The Bertz CT molecular complexity index is 577. The zero-order valence-corrected chi connectivity index (χ0v) is 9.38. The van der Waals surface area contributed by atoms with E-state index in [1.165, 1.54) is 12.3 Å². The Labute approximate surface area is 96.4 Å². The van der Waals surface area contributed by atoms with Gasteiger partial charge in [0, 0.05) is 6.07 Å². The third kappa shape index (κ3) is 1.82. The van der Waals surface area contributed by atoms with Crippen molar-refractivity contribution in [2.45, 2.75) is 13.0 Å². The van der Waals surface area contributed by atoms with E-state index in [4.69, 9.17) is 4.42 Å². The van der Waals surface area contributed by atoms with Gasteiger partial charge in [0.15, 0.2) is 5.78 Å². The second-order valence-corrected chi connectivity index (χ2v) is 3.75. The van der Waals surface area contributed by atoms with Gasteiger partial charge < -0.3 is 9.73 Å². The summed E-state index contributed by atoms with van der Waals surface area (Å²) in [4.78, 5) is 11.8. The van der Waals surface area contributed by atoms with Gasteiger partial charge in [-0.05, 0) is 20.0 Å². The van der Waals surface area contributed by atoms with E-state index < -0.39 is 29.0 Å². The number of benzene rings is 1. The summed E-state index contributed by atoms with van der Waals surface area (Å²) in [5.74, 6) is -2.40. The van der Waals surface area contributed by atoms with Crippen LogP contribution in [0.25, 0.3) is 11.0 Å². The highest BCUT2D eigenvalue weighted by atomic mass is 19.1. The van der Waals surface area contributed by atoms with Crippen LogP contribution in [0.4, 0.5) is 8.78 Å². The molecule has 0 fully saturated rings. The standard InChI is InChI=1S/C12H11F2NO2/c1-6(15-2)12(16)10-8(13)5-9-7(11(10)14)3-4-17-9/h3-6,15H,1-2H3/t6-/m0/s1. The molecule has 0 radical (unpaired) electrons. The Kier molecular flexibility index (Phi) is 2.93. The number of hydrogen-bond acceptors (Lipinski definition) is 3. The molecule has 0 bridgehead atoms. The van der Waals surface area contributed by atoms with Crippen LogP contribution < -0.4 is 5.32 Å². The van der Waals surface area contributed by atoms with E-state index in [1.54, 1.807) is 14.0 Å². The van der Waals surface area contributed by atoms with E-state index in [1.807, 2.05) is 0 Å².